The summed E-state index contributed by atoms with van der Waals surface area (Å²) in [7, 11) is 2.97. The van der Waals surface area contributed by atoms with Crippen LogP contribution in [0.4, 0.5) is 10.1 Å². The lowest BCUT2D eigenvalue weighted by molar-refractivity contribution is -0.119. The number of halogens is 2. The van der Waals surface area contributed by atoms with Crippen LogP contribution >= 0.6 is 15.9 Å². The van der Waals surface area contributed by atoms with E-state index in [-0.39, 0.29) is 5.56 Å². The van der Waals surface area contributed by atoms with Crippen molar-refractivity contribution in [3.05, 3.63) is 52.3 Å². The van der Waals surface area contributed by atoms with Crippen molar-refractivity contribution >= 4 is 33.5 Å². The molecule has 1 amide bonds. The van der Waals surface area contributed by atoms with Crippen LogP contribution in [0, 0.1) is 5.82 Å². The molecule has 8 heteroatoms. The van der Waals surface area contributed by atoms with Crippen molar-refractivity contribution in [3.8, 4) is 11.5 Å². The van der Waals surface area contributed by atoms with E-state index in [1.54, 1.807) is 18.2 Å². The second-order valence-electron chi connectivity index (χ2n) is 4.82. The Kier molecular flexibility index (Phi) is 6.35. The Hall–Kier alpha value is -2.61. The van der Waals surface area contributed by atoms with Gasteiger partial charge in [0, 0.05) is 16.2 Å². The maximum absolute atomic E-state index is 13.2. The van der Waals surface area contributed by atoms with Crippen molar-refractivity contribution in [2.24, 2.45) is 0 Å². The highest BCUT2D eigenvalue weighted by Crippen LogP contribution is 2.29. The number of esters is 1. The van der Waals surface area contributed by atoms with Gasteiger partial charge < -0.3 is 19.5 Å². The van der Waals surface area contributed by atoms with Crippen LogP contribution in [0.15, 0.2) is 40.9 Å². The monoisotopic (exact) mass is 411 g/mol. The smallest absolute Gasteiger partial charge is 0.339 e. The van der Waals surface area contributed by atoms with Crippen LogP contribution in [0.2, 0.25) is 0 Å². The second-order valence-corrected chi connectivity index (χ2v) is 5.67. The Morgan fingerprint density at radius 2 is 1.80 bits per heavy atom. The lowest BCUT2D eigenvalue weighted by Gasteiger charge is -2.11. The van der Waals surface area contributed by atoms with Gasteiger partial charge in [0.1, 0.15) is 5.82 Å². The van der Waals surface area contributed by atoms with Gasteiger partial charge in [-0.3, -0.25) is 4.79 Å². The minimum Gasteiger partial charge on any atom is -0.493 e. The Morgan fingerprint density at radius 3 is 2.48 bits per heavy atom. The Bertz CT molecular complexity index is 797. The fraction of sp³-hybridized carbons (Fsp3) is 0.176. The van der Waals surface area contributed by atoms with Crippen molar-refractivity contribution in [2.45, 2.75) is 0 Å². The third-order valence-electron chi connectivity index (χ3n) is 3.15. The second kappa shape index (κ2) is 8.48. The molecule has 0 heterocycles. The largest absolute Gasteiger partial charge is 0.493 e. The lowest BCUT2D eigenvalue weighted by atomic mass is 10.2. The minimum absolute atomic E-state index is 0.00100. The standard InChI is InChI=1S/C17H15BrFNO5/c1-23-14-6-4-11(8-15(14)24-2)20-16(21)9-25-17(22)12-7-10(19)3-5-13(12)18/h3-8H,9H2,1-2H3,(H,20,21). The molecule has 0 fully saturated rings. The molecule has 2 aromatic carbocycles. The fourth-order valence-electron chi connectivity index (χ4n) is 1.97. The van der Waals surface area contributed by atoms with Crippen molar-refractivity contribution in [3.63, 3.8) is 0 Å². The van der Waals surface area contributed by atoms with Crippen molar-refractivity contribution in [2.75, 3.05) is 26.1 Å². The summed E-state index contributed by atoms with van der Waals surface area (Å²) in [6.45, 7) is -0.518. The summed E-state index contributed by atoms with van der Waals surface area (Å²) in [5, 5.41) is 2.56. The highest BCUT2D eigenvalue weighted by molar-refractivity contribution is 9.10. The number of hydrogen-bond acceptors (Lipinski definition) is 5. The third kappa shape index (κ3) is 4.93. The van der Waals surface area contributed by atoms with E-state index >= 15 is 0 Å². The average molecular weight is 412 g/mol. The van der Waals surface area contributed by atoms with Crippen LogP contribution in [0.25, 0.3) is 0 Å². The normalized spacial score (nSPS) is 10.1. The summed E-state index contributed by atoms with van der Waals surface area (Å²) in [6, 6.07) is 8.43. The summed E-state index contributed by atoms with van der Waals surface area (Å²) >= 11 is 3.13. The third-order valence-corrected chi connectivity index (χ3v) is 3.84. The van der Waals surface area contributed by atoms with E-state index in [0.717, 1.165) is 6.07 Å². The highest BCUT2D eigenvalue weighted by Gasteiger charge is 2.15. The van der Waals surface area contributed by atoms with Gasteiger partial charge in [-0.25, -0.2) is 9.18 Å². The zero-order valence-corrected chi connectivity index (χ0v) is 15.1. The number of rotatable bonds is 6. The summed E-state index contributed by atoms with van der Waals surface area (Å²) in [4.78, 5) is 23.8. The molecule has 2 rings (SSSR count). The predicted molar refractivity (Wildman–Crippen MR) is 92.6 cm³/mol. The molecule has 0 atom stereocenters. The zero-order valence-electron chi connectivity index (χ0n) is 13.5. The molecule has 0 bridgehead atoms. The lowest BCUT2D eigenvalue weighted by Crippen LogP contribution is -2.21. The number of carbonyl (C=O) groups is 2. The molecule has 0 aliphatic rings. The first-order valence-corrected chi connectivity index (χ1v) is 7.88. The van der Waals surface area contributed by atoms with E-state index < -0.39 is 24.3 Å². The number of hydrogen-bond donors (Lipinski definition) is 1. The van der Waals surface area contributed by atoms with Gasteiger partial charge in [0.15, 0.2) is 18.1 Å². The van der Waals surface area contributed by atoms with Crippen LogP contribution in [0.3, 0.4) is 0 Å². The number of ether oxygens (including phenoxy) is 3. The quantitative estimate of drug-likeness (QED) is 0.737. The van der Waals surface area contributed by atoms with Gasteiger partial charge in [0.05, 0.1) is 19.8 Å². The van der Waals surface area contributed by atoms with Gasteiger partial charge >= 0.3 is 5.97 Å². The molecule has 0 saturated carbocycles. The molecule has 25 heavy (non-hydrogen) atoms. The molecule has 132 valence electrons. The summed E-state index contributed by atoms with van der Waals surface area (Å²) < 4.78 is 28.7. The minimum atomic E-state index is -0.811. The van der Waals surface area contributed by atoms with Crippen LogP contribution in [-0.4, -0.2) is 32.7 Å². The van der Waals surface area contributed by atoms with Crippen LogP contribution in [-0.2, 0) is 9.53 Å². The molecule has 0 spiro atoms. The van der Waals surface area contributed by atoms with Gasteiger partial charge in [-0.05, 0) is 46.3 Å². The molecule has 0 unspecified atom stereocenters. The van der Waals surface area contributed by atoms with E-state index in [1.165, 1.54) is 26.4 Å². The van der Waals surface area contributed by atoms with Gasteiger partial charge in [-0.1, -0.05) is 0 Å². The molecular formula is C17H15BrFNO5. The Labute approximate surface area is 152 Å². The number of nitrogens with one attached hydrogen (secondary N) is 1. The topological polar surface area (TPSA) is 73.9 Å². The zero-order chi connectivity index (χ0) is 18.4. The van der Waals surface area contributed by atoms with Crippen LogP contribution < -0.4 is 14.8 Å². The number of methoxy groups -OCH3 is 2. The van der Waals surface area contributed by atoms with Gasteiger partial charge in [-0.2, -0.15) is 0 Å². The first-order valence-electron chi connectivity index (χ1n) is 7.08. The fourth-order valence-corrected chi connectivity index (χ4v) is 2.38. The van der Waals surface area contributed by atoms with Crippen molar-refractivity contribution in [1.82, 2.24) is 0 Å². The number of anilines is 1. The molecule has 0 aromatic heterocycles. The Balaban J connectivity index is 1.96. The summed E-state index contributed by atoms with van der Waals surface area (Å²) in [6.07, 6.45) is 0. The number of amides is 1. The molecule has 0 aliphatic heterocycles. The van der Waals surface area contributed by atoms with E-state index in [9.17, 15) is 14.0 Å². The predicted octanol–water partition coefficient (Wildman–Crippen LogP) is 3.40. The highest BCUT2D eigenvalue weighted by atomic mass is 79.9. The molecule has 0 aliphatic carbocycles. The number of carbonyl (C=O) groups excluding carboxylic acids is 2. The first-order chi connectivity index (χ1) is 11.9. The van der Waals surface area contributed by atoms with E-state index in [2.05, 4.69) is 21.2 Å². The van der Waals surface area contributed by atoms with Gasteiger partial charge in [0.25, 0.3) is 5.91 Å². The molecular weight excluding hydrogens is 397 g/mol. The van der Waals surface area contributed by atoms with Gasteiger partial charge in [-0.15, -0.1) is 0 Å². The van der Waals surface area contributed by atoms with Crippen molar-refractivity contribution in [1.29, 1.82) is 0 Å². The summed E-state index contributed by atoms with van der Waals surface area (Å²) in [5.74, 6) is -0.976. The maximum atomic E-state index is 13.2. The Morgan fingerprint density at radius 1 is 1.08 bits per heavy atom. The first kappa shape index (κ1) is 18.7. The maximum Gasteiger partial charge on any atom is 0.339 e. The summed E-state index contributed by atoms with van der Waals surface area (Å²) in [5.41, 5.74) is 0.449. The molecule has 6 nitrogen and oxygen atoms in total. The van der Waals surface area contributed by atoms with E-state index in [1.807, 2.05) is 0 Å². The average Bonchev–Trinajstić information content (AvgIpc) is 2.61. The van der Waals surface area contributed by atoms with E-state index in [0.29, 0.717) is 21.7 Å². The molecule has 0 saturated heterocycles. The van der Waals surface area contributed by atoms with E-state index in [4.69, 9.17) is 14.2 Å². The number of benzene rings is 2. The van der Waals surface area contributed by atoms with Crippen molar-refractivity contribution < 1.29 is 28.2 Å². The molecule has 0 radical (unpaired) electrons. The SMILES string of the molecule is COc1ccc(NC(=O)COC(=O)c2cc(F)ccc2Br)cc1OC. The van der Waals surface area contributed by atoms with Crippen LogP contribution in [0.1, 0.15) is 10.4 Å². The molecule has 1 N–H and O–H groups in total. The molecule has 2 aromatic rings. The van der Waals surface area contributed by atoms with Gasteiger partial charge in [0.2, 0.25) is 0 Å². The van der Waals surface area contributed by atoms with Crippen LogP contribution in [0.5, 0.6) is 11.5 Å².